The third kappa shape index (κ3) is 2.45. The van der Waals surface area contributed by atoms with Gasteiger partial charge in [-0.2, -0.15) is 0 Å². The zero-order valence-corrected chi connectivity index (χ0v) is 15.7. The molecule has 8 rings (SSSR count). The molecule has 0 heterocycles. The standard InChI is InChI=1S/C23H34O2/c24-21(23-12-18-6-19(13-23)8-20(7-18)14-23)25-2-1-22-9-15-3-16(10-22)5-17(4-15)11-22/h15-20H,1-14H2. The van der Waals surface area contributed by atoms with Gasteiger partial charge in [-0.1, -0.05) is 0 Å². The van der Waals surface area contributed by atoms with Crippen LogP contribution in [0.1, 0.15) is 83.5 Å². The molecule has 0 radical (unpaired) electrons. The Hall–Kier alpha value is -0.530. The molecule has 8 aliphatic carbocycles. The summed E-state index contributed by atoms with van der Waals surface area (Å²) >= 11 is 0. The maximum absolute atomic E-state index is 13.1. The molecule has 8 fully saturated rings. The maximum Gasteiger partial charge on any atom is 0.312 e. The van der Waals surface area contributed by atoms with Gasteiger partial charge in [0.05, 0.1) is 12.0 Å². The summed E-state index contributed by atoms with van der Waals surface area (Å²) < 4.78 is 6.03. The van der Waals surface area contributed by atoms with Gasteiger partial charge >= 0.3 is 5.97 Å². The highest BCUT2D eigenvalue weighted by Gasteiger charge is 2.56. The van der Waals surface area contributed by atoms with Gasteiger partial charge < -0.3 is 4.74 Å². The number of carbonyl (C=O) groups is 1. The molecule has 0 aromatic heterocycles. The minimum absolute atomic E-state index is 0.0593. The van der Waals surface area contributed by atoms with Gasteiger partial charge in [0.25, 0.3) is 0 Å². The van der Waals surface area contributed by atoms with Crippen LogP contribution in [0.2, 0.25) is 0 Å². The van der Waals surface area contributed by atoms with Crippen LogP contribution in [0.5, 0.6) is 0 Å². The van der Waals surface area contributed by atoms with Crippen molar-refractivity contribution in [1.29, 1.82) is 0 Å². The van der Waals surface area contributed by atoms with E-state index in [0.29, 0.717) is 12.0 Å². The summed E-state index contributed by atoms with van der Waals surface area (Å²) in [4.78, 5) is 13.1. The summed E-state index contributed by atoms with van der Waals surface area (Å²) in [6.07, 6.45) is 17.6. The van der Waals surface area contributed by atoms with Crippen LogP contribution in [-0.4, -0.2) is 12.6 Å². The van der Waals surface area contributed by atoms with Crippen LogP contribution >= 0.6 is 0 Å². The summed E-state index contributed by atoms with van der Waals surface area (Å²) in [7, 11) is 0. The Kier molecular flexibility index (Phi) is 3.26. The Labute approximate surface area is 152 Å². The summed E-state index contributed by atoms with van der Waals surface area (Å²) in [5, 5.41) is 0. The van der Waals surface area contributed by atoms with Crippen molar-refractivity contribution < 1.29 is 9.53 Å². The molecule has 2 nitrogen and oxygen atoms in total. The first-order valence-corrected chi connectivity index (χ1v) is 11.3. The second-order valence-corrected chi connectivity index (χ2v) is 11.5. The normalized spacial score (nSPS) is 54.9. The molecule has 0 amide bonds. The second-order valence-electron chi connectivity index (χ2n) is 11.5. The molecule has 0 N–H and O–H groups in total. The molecule has 138 valence electrons. The Balaban J connectivity index is 1.10. The number of rotatable bonds is 4. The Morgan fingerprint density at radius 1 is 0.680 bits per heavy atom. The fourth-order valence-electron chi connectivity index (χ4n) is 9.47. The lowest BCUT2D eigenvalue weighted by molar-refractivity contribution is -0.173. The van der Waals surface area contributed by atoms with Crippen LogP contribution in [0.3, 0.4) is 0 Å². The Morgan fingerprint density at radius 3 is 1.52 bits per heavy atom. The first kappa shape index (κ1) is 15.5. The number of hydrogen-bond donors (Lipinski definition) is 0. The first-order chi connectivity index (χ1) is 12.1. The summed E-state index contributed by atoms with van der Waals surface area (Å²) in [5.41, 5.74) is 0.493. The summed E-state index contributed by atoms with van der Waals surface area (Å²) in [5.74, 6) is 5.72. The average Bonchev–Trinajstić information content (AvgIpc) is 2.52. The van der Waals surface area contributed by atoms with E-state index in [9.17, 15) is 4.79 Å². The van der Waals surface area contributed by atoms with Gasteiger partial charge in [-0.25, -0.2) is 0 Å². The molecule has 8 bridgehead atoms. The van der Waals surface area contributed by atoms with Gasteiger partial charge in [-0.3, -0.25) is 4.79 Å². The zero-order chi connectivity index (χ0) is 16.6. The molecule has 0 saturated heterocycles. The molecule has 0 unspecified atom stereocenters. The molecule has 8 saturated carbocycles. The Bertz CT molecular complexity index is 506. The minimum atomic E-state index is -0.0593. The smallest absolute Gasteiger partial charge is 0.312 e. The molecule has 2 heteroatoms. The number of ether oxygens (including phenoxy) is 1. The third-order valence-electron chi connectivity index (χ3n) is 9.50. The van der Waals surface area contributed by atoms with Crippen molar-refractivity contribution >= 4 is 5.97 Å². The lowest BCUT2D eigenvalue weighted by Crippen LogP contribution is -2.51. The van der Waals surface area contributed by atoms with Crippen LogP contribution in [0, 0.1) is 46.3 Å². The topological polar surface area (TPSA) is 26.3 Å². The van der Waals surface area contributed by atoms with E-state index in [0.717, 1.165) is 61.2 Å². The third-order valence-corrected chi connectivity index (χ3v) is 9.50. The molecule has 8 aliphatic rings. The van der Waals surface area contributed by atoms with E-state index in [1.807, 2.05) is 0 Å². The molecule has 25 heavy (non-hydrogen) atoms. The van der Waals surface area contributed by atoms with Crippen molar-refractivity contribution in [2.24, 2.45) is 46.3 Å². The summed E-state index contributed by atoms with van der Waals surface area (Å²) in [6, 6.07) is 0. The number of esters is 1. The molecule has 0 aromatic carbocycles. The number of carbonyl (C=O) groups excluding carboxylic acids is 1. The van der Waals surface area contributed by atoms with E-state index in [4.69, 9.17) is 4.74 Å². The largest absolute Gasteiger partial charge is 0.465 e. The second kappa shape index (κ2) is 5.26. The van der Waals surface area contributed by atoms with Crippen LogP contribution in [0.15, 0.2) is 0 Å². The molecular weight excluding hydrogens is 308 g/mol. The van der Waals surface area contributed by atoms with E-state index >= 15 is 0 Å². The van der Waals surface area contributed by atoms with Crippen LogP contribution in [0.4, 0.5) is 0 Å². The molecule has 0 aliphatic heterocycles. The van der Waals surface area contributed by atoms with Crippen LogP contribution in [0.25, 0.3) is 0 Å². The number of hydrogen-bond acceptors (Lipinski definition) is 2. The lowest BCUT2D eigenvalue weighted by atomic mass is 9.49. The van der Waals surface area contributed by atoms with Crippen LogP contribution in [-0.2, 0) is 9.53 Å². The van der Waals surface area contributed by atoms with Crippen LogP contribution < -0.4 is 0 Å². The van der Waals surface area contributed by atoms with E-state index in [2.05, 4.69) is 0 Å². The maximum atomic E-state index is 13.1. The van der Waals surface area contributed by atoms with E-state index in [1.165, 1.54) is 57.8 Å². The van der Waals surface area contributed by atoms with Crippen molar-refractivity contribution in [3.63, 3.8) is 0 Å². The predicted octanol–water partition coefficient (Wildman–Crippen LogP) is 5.35. The summed E-state index contributed by atoms with van der Waals surface area (Å²) in [6.45, 7) is 0.715. The van der Waals surface area contributed by atoms with Crippen molar-refractivity contribution in [2.75, 3.05) is 6.61 Å². The van der Waals surface area contributed by atoms with Gasteiger partial charge in [0, 0.05) is 0 Å². The van der Waals surface area contributed by atoms with Gasteiger partial charge in [0.2, 0.25) is 0 Å². The Morgan fingerprint density at radius 2 is 1.08 bits per heavy atom. The first-order valence-electron chi connectivity index (χ1n) is 11.3. The van der Waals surface area contributed by atoms with Crippen molar-refractivity contribution in [3.8, 4) is 0 Å². The lowest BCUT2D eigenvalue weighted by Gasteiger charge is -2.57. The highest BCUT2D eigenvalue weighted by molar-refractivity contribution is 5.77. The van der Waals surface area contributed by atoms with Gasteiger partial charge in [0.15, 0.2) is 0 Å². The zero-order valence-electron chi connectivity index (χ0n) is 15.7. The fourth-order valence-corrected chi connectivity index (χ4v) is 9.47. The van der Waals surface area contributed by atoms with Gasteiger partial charge in [-0.15, -0.1) is 0 Å². The van der Waals surface area contributed by atoms with E-state index < -0.39 is 0 Å². The van der Waals surface area contributed by atoms with Crippen molar-refractivity contribution in [2.45, 2.75) is 83.5 Å². The monoisotopic (exact) mass is 342 g/mol. The molecular formula is C23H34O2. The SMILES string of the molecule is O=C(OCCC12CC3CC(CC(C3)C1)C2)C12CC3CC(CC(C3)C1)C2. The predicted molar refractivity (Wildman–Crippen MR) is 96.8 cm³/mol. The van der Waals surface area contributed by atoms with Crippen molar-refractivity contribution in [3.05, 3.63) is 0 Å². The minimum Gasteiger partial charge on any atom is -0.465 e. The highest BCUT2D eigenvalue weighted by atomic mass is 16.5. The molecule has 0 aromatic rings. The van der Waals surface area contributed by atoms with Gasteiger partial charge in [0.1, 0.15) is 0 Å². The van der Waals surface area contributed by atoms with E-state index in [1.54, 1.807) is 0 Å². The van der Waals surface area contributed by atoms with E-state index in [-0.39, 0.29) is 11.4 Å². The van der Waals surface area contributed by atoms with Crippen molar-refractivity contribution in [1.82, 2.24) is 0 Å². The molecule has 0 spiro atoms. The molecule has 0 atom stereocenters. The van der Waals surface area contributed by atoms with Gasteiger partial charge in [-0.05, 0) is 124 Å². The quantitative estimate of drug-likeness (QED) is 0.644. The fraction of sp³-hybridized carbons (Fsp3) is 0.957. The highest BCUT2D eigenvalue weighted by Crippen LogP contribution is 2.62. The average molecular weight is 343 g/mol.